The van der Waals surface area contributed by atoms with Crippen molar-refractivity contribution >= 4 is 28.0 Å². The van der Waals surface area contributed by atoms with E-state index >= 15 is 0 Å². The zero-order chi connectivity index (χ0) is 19.9. The highest BCUT2D eigenvalue weighted by atomic mass is 16.5. The average molecular weight is 387 g/mol. The third kappa shape index (κ3) is 2.62. The van der Waals surface area contributed by atoms with E-state index in [4.69, 9.17) is 9.72 Å². The number of anilines is 3. The number of pyridine rings is 2. The lowest BCUT2D eigenvalue weighted by atomic mass is 10.0. The predicted molar refractivity (Wildman–Crippen MR) is 120 cm³/mol. The van der Waals surface area contributed by atoms with Gasteiger partial charge in [0.2, 0.25) is 0 Å². The van der Waals surface area contributed by atoms with Gasteiger partial charge in [0.1, 0.15) is 5.82 Å². The fourth-order valence-corrected chi connectivity index (χ4v) is 3.98. The summed E-state index contributed by atoms with van der Waals surface area (Å²) in [6.45, 7) is 0. The highest BCUT2D eigenvalue weighted by Crippen LogP contribution is 2.50. The minimum Gasteiger partial charge on any atom is -0.453 e. The van der Waals surface area contributed by atoms with Gasteiger partial charge in [-0.05, 0) is 53.9 Å². The van der Waals surface area contributed by atoms with Crippen LogP contribution in [0.1, 0.15) is 0 Å². The minimum absolute atomic E-state index is 0.795. The molecule has 4 heteroatoms. The Morgan fingerprint density at radius 1 is 0.633 bits per heavy atom. The summed E-state index contributed by atoms with van der Waals surface area (Å²) >= 11 is 0. The van der Waals surface area contributed by atoms with Crippen LogP contribution in [-0.2, 0) is 0 Å². The number of rotatable bonds is 2. The zero-order valence-corrected chi connectivity index (χ0v) is 16.1. The maximum absolute atomic E-state index is 6.22. The van der Waals surface area contributed by atoms with Crippen molar-refractivity contribution in [1.29, 1.82) is 0 Å². The molecule has 2 aromatic heterocycles. The first-order valence-corrected chi connectivity index (χ1v) is 9.85. The van der Waals surface area contributed by atoms with Crippen LogP contribution >= 0.6 is 0 Å². The second-order valence-corrected chi connectivity index (χ2v) is 7.16. The fraction of sp³-hybridized carbons (Fsp3) is 0. The summed E-state index contributed by atoms with van der Waals surface area (Å²) in [6.07, 6.45) is 3.67. The van der Waals surface area contributed by atoms with E-state index in [0.717, 1.165) is 45.3 Å². The molecule has 3 heterocycles. The molecule has 0 bridgehead atoms. The summed E-state index contributed by atoms with van der Waals surface area (Å²) < 4.78 is 6.22. The molecule has 4 nitrogen and oxygen atoms in total. The summed E-state index contributed by atoms with van der Waals surface area (Å²) in [5.41, 5.74) is 3.90. The molecule has 0 saturated carbocycles. The van der Waals surface area contributed by atoms with Gasteiger partial charge in [-0.3, -0.25) is 9.88 Å². The van der Waals surface area contributed by atoms with Gasteiger partial charge in [0.15, 0.2) is 11.5 Å². The number of para-hydroxylation sites is 2. The Balaban J connectivity index is 1.58. The number of fused-ring (bicyclic) bond motifs is 3. The van der Waals surface area contributed by atoms with Crippen molar-refractivity contribution in [3.8, 4) is 22.8 Å². The maximum Gasteiger partial charge on any atom is 0.151 e. The van der Waals surface area contributed by atoms with Crippen LogP contribution < -0.4 is 9.64 Å². The molecular formula is C26H17N3O. The molecule has 30 heavy (non-hydrogen) atoms. The van der Waals surface area contributed by atoms with Crippen molar-refractivity contribution in [2.75, 3.05) is 4.90 Å². The van der Waals surface area contributed by atoms with Gasteiger partial charge in [0.05, 0.1) is 17.1 Å². The van der Waals surface area contributed by atoms with Gasteiger partial charge in [-0.2, -0.15) is 0 Å². The summed E-state index contributed by atoms with van der Waals surface area (Å²) in [6, 6.07) is 30.5. The van der Waals surface area contributed by atoms with E-state index in [0.29, 0.717) is 0 Å². The summed E-state index contributed by atoms with van der Waals surface area (Å²) in [5.74, 6) is 2.45. The smallest absolute Gasteiger partial charge is 0.151 e. The highest BCUT2D eigenvalue weighted by molar-refractivity contribution is 5.96. The van der Waals surface area contributed by atoms with E-state index in [1.165, 1.54) is 5.39 Å². The van der Waals surface area contributed by atoms with Crippen LogP contribution in [0.3, 0.4) is 0 Å². The monoisotopic (exact) mass is 387 g/mol. The summed E-state index contributed by atoms with van der Waals surface area (Å²) in [7, 11) is 0. The number of benzene rings is 3. The molecule has 0 spiro atoms. The molecule has 0 unspecified atom stereocenters. The lowest BCUT2D eigenvalue weighted by Crippen LogP contribution is -2.16. The molecule has 0 aliphatic carbocycles. The van der Waals surface area contributed by atoms with Crippen LogP contribution in [0.4, 0.5) is 17.2 Å². The maximum atomic E-state index is 6.22. The number of nitrogens with zero attached hydrogens (tertiary/aromatic N) is 3. The molecule has 0 N–H and O–H groups in total. The first-order valence-electron chi connectivity index (χ1n) is 9.85. The highest BCUT2D eigenvalue weighted by Gasteiger charge is 2.27. The largest absolute Gasteiger partial charge is 0.453 e. The lowest BCUT2D eigenvalue weighted by Gasteiger charge is -2.32. The summed E-state index contributed by atoms with van der Waals surface area (Å²) in [4.78, 5) is 11.4. The summed E-state index contributed by atoms with van der Waals surface area (Å²) in [5, 5.41) is 2.30. The van der Waals surface area contributed by atoms with Gasteiger partial charge in [-0.25, -0.2) is 4.98 Å². The number of ether oxygens (including phenoxy) is 1. The van der Waals surface area contributed by atoms with Gasteiger partial charge in [-0.15, -0.1) is 0 Å². The molecule has 0 atom stereocenters. The molecule has 142 valence electrons. The van der Waals surface area contributed by atoms with Crippen molar-refractivity contribution in [3.05, 3.63) is 103 Å². The molecular weight excluding hydrogens is 370 g/mol. The van der Waals surface area contributed by atoms with E-state index < -0.39 is 0 Å². The second-order valence-electron chi connectivity index (χ2n) is 7.16. The number of aromatic nitrogens is 2. The van der Waals surface area contributed by atoms with Crippen molar-refractivity contribution < 1.29 is 4.74 Å². The Labute approximate surface area is 174 Å². The van der Waals surface area contributed by atoms with Gasteiger partial charge >= 0.3 is 0 Å². The van der Waals surface area contributed by atoms with Gasteiger partial charge in [-0.1, -0.05) is 42.5 Å². The second kappa shape index (κ2) is 6.71. The third-order valence-corrected chi connectivity index (χ3v) is 5.35. The van der Waals surface area contributed by atoms with E-state index in [-0.39, 0.29) is 0 Å². The molecule has 0 saturated heterocycles. The first kappa shape index (κ1) is 16.7. The van der Waals surface area contributed by atoms with Crippen LogP contribution in [0.5, 0.6) is 11.5 Å². The molecule has 1 aliphatic rings. The van der Waals surface area contributed by atoms with E-state index in [1.807, 2.05) is 73.1 Å². The Bertz CT molecular complexity index is 1380. The Morgan fingerprint density at radius 3 is 2.40 bits per heavy atom. The molecule has 1 aliphatic heterocycles. The van der Waals surface area contributed by atoms with Crippen LogP contribution in [0.15, 0.2) is 103 Å². The molecule has 6 rings (SSSR count). The average Bonchev–Trinajstić information content (AvgIpc) is 2.82. The minimum atomic E-state index is 0.795. The van der Waals surface area contributed by atoms with E-state index in [1.54, 1.807) is 0 Å². The third-order valence-electron chi connectivity index (χ3n) is 5.35. The quantitative estimate of drug-likeness (QED) is 0.325. The van der Waals surface area contributed by atoms with Crippen molar-refractivity contribution in [1.82, 2.24) is 9.97 Å². The van der Waals surface area contributed by atoms with Crippen molar-refractivity contribution in [2.45, 2.75) is 0 Å². The Kier molecular flexibility index (Phi) is 3.74. The lowest BCUT2D eigenvalue weighted by molar-refractivity contribution is 0.477. The molecule has 5 aromatic rings. The van der Waals surface area contributed by atoms with Gasteiger partial charge in [0.25, 0.3) is 0 Å². The normalized spacial score (nSPS) is 12.2. The fourth-order valence-electron chi connectivity index (χ4n) is 3.98. The van der Waals surface area contributed by atoms with Gasteiger partial charge in [0, 0.05) is 23.3 Å². The molecule has 0 amide bonds. The molecule has 0 radical (unpaired) electrons. The zero-order valence-electron chi connectivity index (χ0n) is 16.1. The molecule has 3 aromatic carbocycles. The van der Waals surface area contributed by atoms with Gasteiger partial charge < -0.3 is 4.74 Å². The first-order chi connectivity index (χ1) is 14.9. The topological polar surface area (TPSA) is 38.2 Å². The van der Waals surface area contributed by atoms with Crippen LogP contribution in [0, 0.1) is 0 Å². The standard InChI is InChI=1S/C26H17N3O/c1-2-8-20-18(7-1)14-16-28-26(20)19-12-13-24-22(17-19)29(25-11-5-6-15-27-25)21-9-3-4-10-23(21)30-24/h1-17H. The number of hydrogen-bond donors (Lipinski definition) is 0. The van der Waals surface area contributed by atoms with Crippen molar-refractivity contribution in [2.24, 2.45) is 0 Å². The Morgan fingerprint density at radius 2 is 1.47 bits per heavy atom. The van der Waals surface area contributed by atoms with Crippen molar-refractivity contribution in [3.63, 3.8) is 0 Å². The molecule has 0 fully saturated rings. The predicted octanol–water partition coefficient (Wildman–Crippen LogP) is 6.87. The van der Waals surface area contributed by atoms with Crippen LogP contribution in [0.2, 0.25) is 0 Å². The Hall–Kier alpha value is -4.18. The van der Waals surface area contributed by atoms with E-state index in [2.05, 4.69) is 40.2 Å². The van der Waals surface area contributed by atoms with Crippen LogP contribution in [-0.4, -0.2) is 9.97 Å². The van der Waals surface area contributed by atoms with Crippen LogP contribution in [0.25, 0.3) is 22.0 Å². The number of hydrogen-bond acceptors (Lipinski definition) is 4. The SMILES string of the molecule is c1ccc(N2c3ccccc3Oc3ccc(-c4nccc5ccccc45)cc32)nc1. The van der Waals surface area contributed by atoms with E-state index in [9.17, 15) is 0 Å².